The maximum atomic E-state index is 13.3. The molecule has 7 heteroatoms. The molecule has 1 aliphatic rings. The molecular weight excluding hydrogens is 454 g/mol. The minimum absolute atomic E-state index is 0.0730. The fraction of sp³-hybridized carbons (Fsp3) is 0.207. The average Bonchev–Trinajstić information content (AvgIpc) is 3.35. The summed E-state index contributed by atoms with van der Waals surface area (Å²) in [6.45, 7) is 2.30. The predicted octanol–water partition coefficient (Wildman–Crippen LogP) is 4.26. The second-order valence-electron chi connectivity index (χ2n) is 8.61. The Kier molecular flexibility index (Phi) is 8.13. The Hall–Kier alpha value is -4.39. The second-order valence-corrected chi connectivity index (χ2v) is 8.61. The monoisotopic (exact) mass is 483 g/mol. The van der Waals surface area contributed by atoms with Gasteiger partial charge >= 0.3 is 0 Å². The van der Waals surface area contributed by atoms with Crippen LogP contribution in [0.25, 0.3) is 6.08 Å². The van der Waals surface area contributed by atoms with Crippen LogP contribution in [0, 0.1) is 0 Å². The van der Waals surface area contributed by atoms with E-state index in [1.165, 1.54) is 17.9 Å². The van der Waals surface area contributed by atoms with Crippen molar-refractivity contribution in [2.75, 3.05) is 24.5 Å². The molecule has 1 heterocycles. The molecule has 3 amide bonds. The third-order valence-electron chi connectivity index (χ3n) is 5.83. The van der Waals surface area contributed by atoms with Crippen LogP contribution in [0.3, 0.4) is 0 Å². The number of hydrogen-bond donors (Lipinski definition) is 1. The molecular formula is C29H29N3O4. The van der Waals surface area contributed by atoms with Crippen LogP contribution < -0.4 is 15.0 Å². The first-order valence-electron chi connectivity index (χ1n) is 11.9. The van der Waals surface area contributed by atoms with Gasteiger partial charge in [-0.25, -0.2) is 0 Å². The SMILES string of the molecule is CC(=O)NC1CCN(C(=O)CN(C(=O)/C=C/c2ccccc2)c2cccc(Oc3ccccc3)c2)C1. The van der Waals surface area contributed by atoms with E-state index in [4.69, 9.17) is 4.74 Å². The number of nitrogens with zero attached hydrogens (tertiary/aromatic N) is 2. The molecule has 3 aromatic carbocycles. The van der Waals surface area contributed by atoms with E-state index in [-0.39, 0.29) is 30.3 Å². The molecule has 1 aliphatic heterocycles. The number of hydrogen-bond acceptors (Lipinski definition) is 4. The van der Waals surface area contributed by atoms with Crippen molar-refractivity contribution in [1.82, 2.24) is 10.2 Å². The van der Waals surface area contributed by atoms with Crippen LogP contribution in [0.15, 0.2) is 91.0 Å². The first-order chi connectivity index (χ1) is 17.5. The number of carbonyl (C=O) groups is 3. The molecule has 7 nitrogen and oxygen atoms in total. The molecule has 1 atom stereocenters. The minimum atomic E-state index is -0.318. The Morgan fingerprint density at radius 2 is 1.67 bits per heavy atom. The summed E-state index contributed by atoms with van der Waals surface area (Å²) in [5.41, 5.74) is 1.44. The first-order valence-corrected chi connectivity index (χ1v) is 11.9. The summed E-state index contributed by atoms with van der Waals surface area (Å²) in [4.78, 5) is 41.0. The van der Waals surface area contributed by atoms with E-state index in [2.05, 4.69) is 5.32 Å². The maximum absolute atomic E-state index is 13.3. The van der Waals surface area contributed by atoms with Crippen molar-refractivity contribution in [2.45, 2.75) is 19.4 Å². The van der Waals surface area contributed by atoms with Crippen molar-refractivity contribution >= 4 is 29.5 Å². The van der Waals surface area contributed by atoms with Gasteiger partial charge in [-0.05, 0) is 42.3 Å². The van der Waals surface area contributed by atoms with Crippen molar-refractivity contribution in [2.24, 2.45) is 0 Å². The molecule has 36 heavy (non-hydrogen) atoms. The van der Waals surface area contributed by atoms with Gasteiger partial charge in [0.25, 0.3) is 5.91 Å². The fourth-order valence-corrected chi connectivity index (χ4v) is 4.08. The summed E-state index contributed by atoms with van der Waals surface area (Å²) in [5.74, 6) is 0.615. The van der Waals surface area contributed by atoms with Gasteiger partial charge in [-0.3, -0.25) is 19.3 Å². The zero-order valence-corrected chi connectivity index (χ0v) is 20.2. The summed E-state index contributed by atoms with van der Waals surface area (Å²) < 4.78 is 5.94. The number of ether oxygens (including phenoxy) is 1. The smallest absolute Gasteiger partial charge is 0.251 e. The van der Waals surface area contributed by atoms with E-state index in [1.54, 1.807) is 35.2 Å². The highest BCUT2D eigenvalue weighted by atomic mass is 16.5. The Balaban J connectivity index is 1.54. The van der Waals surface area contributed by atoms with Crippen LogP contribution >= 0.6 is 0 Å². The highest BCUT2D eigenvalue weighted by Crippen LogP contribution is 2.26. The molecule has 0 spiro atoms. The minimum Gasteiger partial charge on any atom is -0.457 e. The van der Waals surface area contributed by atoms with E-state index in [0.29, 0.717) is 36.7 Å². The van der Waals surface area contributed by atoms with Crippen LogP contribution in [0.2, 0.25) is 0 Å². The number of benzene rings is 3. The highest BCUT2D eigenvalue weighted by molar-refractivity contribution is 6.06. The quantitative estimate of drug-likeness (QED) is 0.486. The molecule has 3 aromatic rings. The number of likely N-dealkylation sites (tertiary alicyclic amines) is 1. The Bertz CT molecular complexity index is 1230. The van der Waals surface area contributed by atoms with Gasteiger partial charge in [0, 0.05) is 43.9 Å². The lowest BCUT2D eigenvalue weighted by Gasteiger charge is -2.25. The Morgan fingerprint density at radius 3 is 2.39 bits per heavy atom. The Morgan fingerprint density at radius 1 is 0.972 bits per heavy atom. The van der Waals surface area contributed by atoms with Crippen LogP contribution in [0.4, 0.5) is 5.69 Å². The van der Waals surface area contributed by atoms with Gasteiger partial charge in [0.15, 0.2) is 0 Å². The lowest BCUT2D eigenvalue weighted by Crippen LogP contribution is -2.43. The zero-order valence-electron chi connectivity index (χ0n) is 20.2. The standard InChI is InChI=1S/C29H29N3O4/c1-22(33)30-24-17-18-31(20-24)29(35)21-32(28(34)16-15-23-9-4-2-5-10-23)25-11-8-14-27(19-25)36-26-12-6-3-7-13-26/h2-16,19,24H,17-18,20-21H2,1H3,(H,30,33)/b16-15+. The van der Waals surface area contributed by atoms with Crippen LogP contribution in [-0.4, -0.2) is 48.3 Å². The van der Waals surface area contributed by atoms with Crippen molar-refractivity contribution < 1.29 is 19.1 Å². The molecule has 1 saturated heterocycles. The molecule has 0 radical (unpaired) electrons. The zero-order chi connectivity index (χ0) is 25.3. The summed E-state index contributed by atoms with van der Waals surface area (Å²) >= 11 is 0. The van der Waals surface area contributed by atoms with E-state index >= 15 is 0 Å². The molecule has 184 valence electrons. The predicted molar refractivity (Wildman–Crippen MR) is 140 cm³/mol. The normalized spacial score (nSPS) is 15.0. The molecule has 4 rings (SSSR count). The summed E-state index contributed by atoms with van der Waals surface area (Å²) in [5, 5.41) is 2.86. The van der Waals surface area contributed by atoms with Crippen molar-refractivity contribution in [3.05, 3.63) is 96.6 Å². The Labute approximate surface area is 211 Å². The third-order valence-corrected chi connectivity index (χ3v) is 5.83. The molecule has 0 aromatic heterocycles. The highest BCUT2D eigenvalue weighted by Gasteiger charge is 2.29. The van der Waals surface area contributed by atoms with Gasteiger partial charge in [0.05, 0.1) is 0 Å². The number of carbonyl (C=O) groups excluding carboxylic acids is 3. The number of para-hydroxylation sites is 1. The number of rotatable bonds is 8. The number of amides is 3. The molecule has 0 saturated carbocycles. The van der Waals surface area contributed by atoms with Crippen LogP contribution in [0.1, 0.15) is 18.9 Å². The van der Waals surface area contributed by atoms with E-state index in [9.17, 15) is 14.4 Å². The largest absolute Gasteiger partial charge is 0.457 e. The summed E-state index contributed by atoms with van der Waals surface area (Å²) in [7, 11) is 0. The van der Waals surface area contributed by atoms with E-state index in [1.807, 2.05) is 60.7 Å². The first kappa shape index (κ1) is 24.7. The van der Waals surface area contributed by atoms with Crippen LogP contribution in [0.5, 0.6) is 11.5 Å². The maximum Gasteiger partial charge on any atom is 0.251 e. The molecule has 1 N–H and O–H groups in total. The van der Waals surface area contributed by atoms with Crippen molar-refractivity contribution in [3.8, 4) is 11.5 Å². The van der Waals surface area contributed by atoms with Gasteiger partial charge in [0.1, 0.15) is 18.0 Å². The van der Waals surface area contributed by atoms with E-state index in [0.717, 1.165) is 5.56 Å². The summed E-state index contributed by atoms with van der Waals surface area (Å²) in [6, 6.07) is 25.9. The number of nitrogens with one attached hydrogen (secondary N) is 1. The number of anilines is 1. The van der Waals surface area contributed by atoms with Gasteiger partial charge in [-0.2, -0.15) is 0 Å². The lowest BCUT2D eigenvalue weighted by molar-refractivity contribution is -0.130. The molecule has 0 bridgehead atoms. The van der Waals surface area contributed by atoms with Gasteiger partial charge in [-0.1, -0.05) is 54.6 Å². The van der Waals surface area contributed by atoms with Crippen molar-refractivity contribution in [1.29, 1.82) is 0 Å². The molecule has 0 aliphatic carbocycles. The fourth-order valence-electron chi connectivity index (χ4n) is 4.08. The third kappa shape index (κ3) is 6.82. The molecule has 1 unspecified atom stereocenters. The van der Waals surface area contributed by atoms with Gasteiger partial charge in [0.2, 0.25) is 11.8 Å². The molecule has 1 fully saturated rings. The van der Waals surface area contributed by atoms with Gasteiger partial charge in [-0.15, -0.1) is 0 Å². The van der Waals surface area contributed by atoms with Gasteiger partial charge < -0.3 is 15.0 Å². The lowest BCUT2D eigenvalue weighted by atomic mass is 10.2. The average molecular weight is 484 g/mol. The summed E-state index contributed by atoms with van der Waals surface area (Å²) in [6.07, 6.45) is 3.89. The van der Waals surface area contributed by atoms with Crippen molar-refractivity contribution in [3.63, 3.8) is 0 Å². The van der Waals surface area contributed by atoms with Crippen LogP contribution in [-0.2, 0) is 14.4 Å². The topological polar surface area (TPSA) is 79.0 Å². The second kappa shape index (κ2) is 11.8. The van der Waals surface area contributed by atoms with E-state index < -0.39 is 0 Å².